The zero-order valence-corrected chi connectivity index (χ0v) is 11.1. The van der Waals surface area contributed by atoms with Gasteiger partial charge in [0, 0.05) is 0 Å². The molecule has 0 saturated heterocycles. The Balaban J connectivity index is 1.59. The lowest BCUT2D eigenvalue weighted by Gasteiger charge is -2.48. The summed E-state index contributed by atoms with van der Waals surface area (Å²) in [4.78, 5) is 0. The van der Waals surface area contributed by atoms with Gasteiger partial charge in [0.05, 0.1) is 0 Å². The molecule has 104 valence electrons. The van der Waals surface area contributed by atoms with E-state index < -0.39 is 17.5 Å². The third kappa shape index (κ3) is 2.28. The predicted octanol–water partition coefficient (Wildman–Crippen LogP) is 5.03. The lowest BCUT2D eigenvalue weighted by molar-refractivity contribution is 0.0581. The first-order valence-electron chi connectivity index (χ1n) is 7.22. The molecule has 2 saturated carbocycles. The minimum absolute atomic E-state index is 0.218. The fourth-order valence-electron chi connectivity index (χ4n) is 3.64. The van der Waals surface area contributed by atoms with Crippen molar-refractivity contribution in [3.05, 3.63) is 35.1 Å². The molecule has 0 aromatic heterocycles. The molecule has 0 unspecified atom stereocenters. The first-order chi connectivity index (χ1) is 9.08. The van der Waals surface area contributed by atoms with Crippen molar-refractivity contribution in [2.75, 3.05) is 0 Å². The second-order valence-electron chi connectivity index (χ2n) is 6.23. The smallest absolute Gasteiger partial charge is 0.194 e. The Morgan fingerprint density at radius 1 is 0.947 bits per heavy atom. The van der Waals surface area contributed by atoms with Crippen molar-refractivity contribution in [2.45, 2.75) is 44.9 Å². The lowest BCUT2D eigenvalue weighted by atomic mass is 9.57. The van der Waals surface area contributed by atoms with E-state index >= 15 is 0 Å². The van der Waals surface area contributed by atoms with Gasteiger partial charge in [-0.05, 0) is 67.1 Å². The summed E-state index contributed by atoms with van der Waals surface area (Å²) in [7, 11) is 0. The summed E-state index contributed by atoms with van der Waals surface area (Å²) >= 11 is 0. The summed E-state index contributed by atoms with van der Waals surface area (Å²) in [6, 6.07) is 2.32. The van der Waals surface area contributed by atoms with Gasteiger partial charge in [-0.3, -0.25) is 0 Å². The van der Waals surface area contributed by atoms with Gasteiger partial charge >= 0.3 is 0 Å². The predicted molar refractivity (Wildman–Crippen MR) is 68.3 cm³/mol. The van der Waals surface area contributed by atoms with Crippen molar-refractivity contribution in [3.63, 3.8) is 0 Å². The van der Waals surface area contributed by atoms with Crippen molar-refractivity contribution in [1.82, 2.24) is 0 Å². The Bertz CT molecular complexity index is 448. The van der Waals surface area contributed by atoms with E-state index in [-0.39, 0.29) is 5.92 Å². The molecule has 0 aliphatic heterocycles. The summed E-state index contributed by atoms with van der Waals surface area (Å²) in [5.74, 6) is -0.842. The van der Waals surface area contributed by atoms with E-state index in [0.29, 0.717) is 11.5 Å². The third-order valence-corrected chi connectivity index (χ3v) is 5.17. The minimum atomic E-state index is -1.36. The highest BCUT2D eigenvalue weighted by atomic mass is 19.2. The summed E-state index contributed by atoms with van der Waals surface area (Å²) in [5.41, 5.74) is 0.624. The number of hydrogen-bond acceptors (Lipinski definition) is 0. The normalized spacial score (nSPS) is 33.7. The molecule has 0 N–H and O–H groups in total. The summed E-state index contributed by atoms with van der Waals surface area (Å²) < 4.78 is 39.2. The monoisotopic (exact) mass is 268 g/mol. The number of halogens is 3. The molecule has 2 aliphatic carbocycles. The van der Waals surface area contributed by atoms with Crippen LogP contribution in [0.4, 0.5) is 13.2 Å². The molecule has 1 aromatic carbocycles. The van der Waals surface area contributed by atoms with E-state index in [1.54, 1.807) is 0 Å². The Morgan fingerprint density at radius 2 is 1.47 bits per heavy atom. The molecular formula is C16H19F3. The number of rotatable bonds is 3. The molecule has 0 bridgehead atoms. The van der Waals surface area contributed by atoms with Crippen molar-refractivity contribution in [2.24, 2.45) is 17.8 Å². The van der Waals surface area contributed by atoms with Crippen LogP contribution < -0.4 is 0 Å². The van der Waals surface area contributed by atoms with Crippen LogP contribution in [0, 0.1) is 35.2 Å². The molecule has 0 spiro atoms. The fourth-order valence-corrected chi connectivity index (χ4v) is 3.64. The Morgan fingerprint density at radius 3 is 2.00 bits per heavy atom. The molecule has 0 heterocycles. The maximum Gasteiger partial charge on any atom is 0.194 e. The molecule has 1 aromatic rings. The number of benzene rings is 1. The van der Waals surface area contributed by atoms with Gasteiger partial charge < -0.3 is 0 Å². The van der Waals surface area contributed by atoms with Crippen molar-refractivity contribution >= 4 is 0 Å². The van der Waals surface area contributed by atoms with E-state index in [1.165, 1.54) is 19.3 Å². The lowest BCUT2D eigenvalue weighted by Crippen LogP contribution is -2.36. The highest BCUT2D eigenvalue weighted by molar-refractivity contribution is 5.25. The minimum Gasteiger partial charge on any atom is -0.204 e. The topological polar surface area (TPSA) is 0 Å². The van der Waals surface area contributed by atoms with Crippen LogP contribution in [0.1, 0.15) is 50.5 Å². The van der Waals surface area contributed by atoms with Crippen LogP contribution in [-0.4, -0.2) is 0 Å². The Labute approximate surface area is 112 Å². The van der Waals surface area contributed by atoms with E-state index in [9.17, 15) is 13.2 Å². The molecular weight excluding hydrogens is 249 g/mol. The van der Waals surface area contributed by atoms with Gasteiger partial charge in [0.25, 0.3) is 0 Å². The second kappa shape index (κ2) is 4.84. The molecule has 0 nitrogen and oxygen atoms in total. The summed E-state index contributed by atoms with van der Waals surface area (Å²) in [5, 5.41) is 0. The van der Waals surface area contributed by atoms with Crippen LogP contribution in [0.3, 0.4) is 0 Å². The zero-order valence-electron chi connectivity index (χ0n) is 11.1. The first-order valence-corrected chi connectivity index (χ1v) is 7.22. The van der Waals surface area contributed by atoms with Gasteiger partial charge in [0.2, 0.25) is 0 Å². The number of hydrogen-bond donors (Lipinski definition) is 0. The summed E-state index contributed by atoms with van der Waals surface area (Å²) in [6.45, 7) is 2.23. The maximum absolute atomic E-state index is 13.2. The van der Waals surface area contributed by atoms with Gasteiger partial charge in [-0.25, -0.2) is 13.2 Å². The van der Waals surface area contributed by atoms with Crippen molar-refractivity contribution < 1.29 is 13.2 Å². The van der Waals surface area contributed by atoms with Crippen LogP contribution in [0.25, 0.3) is 0 Å². The van der Waals surface area contributed by atoms with Crippen LogP contribution >= 0.6 is 0 Å². The largest absolute Gasteiger partial charge is 0.204 e. The summed E-state index contributed by atoms with van der Waals surface area (Å²) in [6.07, 6.45) is 5.91. The van der Waals surface area contributed by atoms with E-state index in [0.717, 1.165) is 36.8 Å². The fraction of sp³-hybridized carbons (Fsp3) is 0.625. The van der Waals surface area contributed by atoms with E-state index in [2.05, 4.69) is 6.92 Å². The molecule has 19 heavy (non-hydrogen) atoms. The van der Waals surface area contributed by atoms with Crippen molar-refractivity contribution in [3.8, 4) is 0 Å². The average molecular weight is 268 g/mol. The van der Waals surface area contributed by atoms with Crippen LogP contribution in [0.2, 0.25) is 0 Å². The van der Waals surface area contributed by atoms with Crippen LogP contribution in [0.15, 0.2) is 12.1 Å². The molecule has 0 amide bonds. The molecule has 0 atom stereocenters. The molecule has 3 rings (SSSR count). The van der Waals surface area contributed by atoms with Gasteiger partial charge in [-0.15, -0.1) is 0 Å². The van der Waals surface area contributed by atoms with Gasteiger partial charge in [-0.2, -0.15) is 0 Å². The third-order valence-electron chi connectivity index (χ3n) is 5.17. The quantitative estimate of drug-likeness (QED) is 0.674. The highest BCUT2D eigenvalue weighted by Crippen LogP contribution is 2.53. The maximum atomic E-state index is 13.2. The molecule has 2 fully saturated rings. The molecule has 0 radical (unpaired) electrons. The standard InChI is InChI=1S/C16H19F3/c1-2-9-3-10(4-9)11-5-12(6-11)13-7-14(17)16(19)15(18)8-13/h7-12H,2-6H2,1H3. The molecule has 2 aliphatic rings. The van der Waals surface area contributed by atoms with Gasteiger partial charge in [0.15, 0.2) is 17.5 Å². The SMILES string of the molecule is CCC1CC(C2CC(c3cc(F)c(F)c(F)c3)C2)C1. The second-order valence-corrected chi connectivity index (χ2v) is 6.23. The van der Waals surface area contributed by atoms with E-state index in [1.807, 2.05) is 0 Å². The van der Waals surface area contributed by atoms with Crippen molar-refractivity contribution in [1.29, 1.82) is 0 Å². The van der Waals surface area contributed by atoms with E-state index in [4.69, 9.17) is 0 Å². The average Bonchev–Trinajstić information content (AvgIpc) is 2.26. The highest BCUT2D eigenvalue weighted by Gasteiger charge is 2.41. The van der Waals surface area contributed by atoms with Gasteiger partial charge in [-0.1, -0.05) is 13.3 Å². The van der Waals surface area contributed by atoms with Crippen LogP contribution in [0.5, 0.6) is 0 Å². The zero-order chi connectivity index (χ0) is 13.6. The Hall–Kier alpha value is -0.990. The molecule has 3 heteroatoms. The first kappa shape index (κ1) is 13.0. The van der Waals surface area contributed by atoms with Gasteiger partial charge in [0.1, 0.15) is 0 Å². The Kier molecular flexibility index (Phi) is 3.32. The van der Waals surface area contributed by atoms with Crippen LogP contribution in [-0.2, 0) is 0 Å².